The number of hydrogen-bond donors (Lipinski definition) is 1. The van der Waals surface area contributed by atoms with Crippen LogP contribution in [0.5, 0.6) is 5.88 Å². The Bertz CT molecular complexity index is 569. The highest BCUT2D eigenvalue weighted by Gasteiger charge is 2.13. The molecule has 4 heteroatoms. The van der Waals surface area contributed by atoms with Gasteiger partial charge in [0, 0.05) is 24.3 Å². The second kappa shape index (κ2) is 6.28. The van der Waals surface area contributed by atoms with Crippen molar-refractivity contribution in [1.29, 1.82) is 0 Å². The van der Waals surface area contributed by atoms with E-state index in [1.165, 1.54) is 5.56 Å². The third-order valence-corrected chi connectivity index (χ3v) is 3.14. The molecule has 0 aliphatic carbocycles. The van der Waals surface area contributed by atoms with Crippen LogP contribution in [0, 0.1) is 0 Å². The maximum Gasteiger partial charge on any atom is 0.214 e. The minimum Gasteiger partial charge on any atom is -0.481 e. The summed E-state index contributed by atoms with van der Waals surface area (Å²) in [6, 6.07) is 14.1. The van der Waals surface area contributed by atoms with E-state index in [9.17, 15) is 0 Å². The number of benzene rings is 1. The number of nitrogen functional groups attached to an aromatic ring is 1. The minimum absolute atomic E-state index is 0.330. The lowest BCUT2D eigenvalue weighted by molar-refractivity contribution is 0.397. The van der Waals surface area contributed by atoms with E-state index in [0.29, 0.717) is 11.9 Å². The average molecular weight is 271 g/mol. The van der Waals surface area contributed by atoms with Gasteiger partial charge < -0.3 is 15.4 Å². The topological polar surface area (TPSA) is 51.4 Å². The fourth-order valence-corrected chi connectivity index (χ4v) is 2.09. The summed E-state index contributed by atoms with van der Waals surface area (Å²) in [6.07, 6.45) is 0. The molecular formula is C16H21N3O. The number of ether oxygens (including phenoxy) is 1. The first-order valence-electron chi connectivity index (χ1n) is 6.72. The van der Waals surface area contributed by atoms with E-state index in [2.05, 4.69) is 29.8 Å². The van der Waals surface area contributed by atoms with Gasteiger partial charge in [0.2, 0.25) is 5.88 Å². The van der Waals surface area contributed by atoms with E-state index in [-0.39, 0.29) is 0 Å². The molecule has 1 aromatic carbocycles. The molecule has 1 heterocycles. The molecule has 0 aliphatic rings. The molecule has 2 N–H and O–H groups in total. The van der Waals surface area contributed by atoms with Gasteiger partial charge in [-0.2, -0.15) is 4.98 Å². The number of methoxy groups -OCH3 is 1. The van der Waals surface area contributed by atoms with E-state index in [0.717, 1.165) is 18.1 Å². The Kier molecular flexibility index (Phi) is 4.45. The zero-order valence-electron chi connectivity index (χ0n) is 12.2. The van der Waals surface area contributed by atoms with Crippen molar-refractivity contribution in [3.8, 4) is 5.88 Å². The number of nitrogens with two attached hydrogens (primary N) is 1. The van der Waals surface area contributed by atoms with Crippen LogP contribution in [-0.4, -0.2) is 18.1 Å². The molecule has 1 aromatic heterocycles. The summed E-state index contributed by atoms with van der Waals surface area (Å²) >= 11 is 0. The zero-order valence-corrected chi connectivity index (χ0v) is 12.2. The Morgan fingerprint density at radius 2 is 1.95 bits per heavy atom. The molecule has 0 radical (unpaired) electrons. The second-order valence-corrected chi connectivity index (χ2v) is 5.00. The number of anilines is 2. The van der Waals surface area contributed by atoms with Gasteiger partial charge in [-0.3, -0.25) is 0 Å². The van der Waals surface area contributed by atoms with Crippen LogP contribution in [0.3, 0.4) is 0 Å². The predicted molar refractivity (Wildman–Crippen MR) is 83.0 cm³/mol. The Balaban J connectivity index is 2.27. The number of nitrogens with zero attached hydrogens (tertiary/aromatic N) is 2. The summed E-state index contributed by atoms with van der Waals surface area (Å²) in [4.78, 5) is 6.72. The molecule has 0 saturated carbocycles. The standard InChI is InChI=1S/C16H21N3O/c1-12(2)19(11-13-6-4-7-14(17)10-13)15-8-5-9-16(18-15)20-3/h4-10,12H,11,17H2,1-3H3. The maximum absolute atomic E-state index is 5.84. The van der Waals surface area contributed by atoms with Gasteiger partial charge in [-0.15, -0.1) is 0 Å². The SMILES string of the molecule is COc1cccc(N(Cc2cccc(N)c2)C(C)C)n1. The fraction of sp³-hybridized carbons (Fsp3) is 0.312. The zero-order chi connectivity index (χ0) is 14.5. The third kappa shape index (κ3) is 3.41. The van der Waals surface area contributed by atoms with Gasteiger partial charge in [0.15, 0.2) is 0 Å². The molecule has 0 bridgehead atoms. The van der Waals surface area contributed by atoms with Crippen molar-refractivity contribution in [1.82, 2.24) is 4.98 Å². The molecular weight excluding hydrogens is 250 g/mol. The van der Waals surface area contributed by atoms with Crippen LogP contribution in [0.4, 0.5) is 11.5 Å². The highest BCUT2D eigenvalue weighted by atomic mass is 16.5. The molecule has 2 rings (SSSR count). The quantitative estimate of drug-likeness (QED) is 0.849. The van der Waals surface area contributed by atoms with E-state index in [1.54, 1.807) is 7.11 Å². The summed E-state index contributed by atoms with van der Waals surface area (Å²) < 4.78 is 5.20. The number of pyridine rings is 1. The molecule has 0 saturated heterocycles. The van der Waals surface area contributed by atoms with Crippen molar-refractivity contribution in [2.75, 3.05) is 17.7 Å². The van der Waals surface area contributed by atoms with Crippen LogP contribution in [0.15, 0.2) is 42.5 Å². The number of aromatic nitrogens is 1. The number of rotatable bonds is 5. The first kappa shape index (κ1) is 14.2. The van der Waals surface area contributed by atoms with Crippen molar-refractivity contribution in [2.45, 2.75) is 26.4 Å². The third-order valence-electron chi connectivity index (χ3n) is 3.14. The van der Waals surface area contributed by atoms with Crippen LogP contribution in [0.25, 0.3) is 0 Å². The van der Waals surface area contributed by atoms with Crippen LogP contribution in [-0.2, 0) is 6.54 Å². The Morgan fingerprint density at radius 1 is 1.20 bits per heavy atom. The minimum atomic E-state index is 0.330. The first-order valence-corrected chi connectivity index (χ1v) is 6.72. The number of hydrogen-bond acceptors (Lipinski definition) is 4. The van der Waals surface area contributed by atoms with Crippen molar-refractivity contribution in [2.24, 2.45) is 0 Å². The van der Waals surface area contributed by atoms with Crippen LogP contribution in [0.1, 0.15) is 19.4 Å². The van der Waals surface area contributed by atoms with E-state index >= 15 is 0 Å². The second-order valence-electron chi connectivity index (χ2n) is 5.00. The Labute approximate surface area is 120 Å². The van der Waals surface area contributed by atoms with Gasteiger partial charge in [0.25, 0.3) is 0 Å². The Hall–Kier alpha value is -2.23. The van der Waals surface area contributed by atoms with Crippen LogP contribution >= 0.6 is 0 Å². The average Bonchev–Trinajstić information content (AvgIpc) is 2.44. The van der Waals surface area contributed by atoms with Gasteiger partial charge in [-0.1, -0.05) is 18.2 Å². The summed E-state index contributed by atoms with van der Waals surface area (Å²) in [6.45, 7) is 5.06. The molecule has 0 aliphatic heterocycles. The predicted octanol–water partition coefficient (Wildman–Crippen LogP) is 3.09. The van der Waals surface area contributed by atoms with Gasteiger partial charge in [-0.05, 0) is 37.6 Å². The summed E-state index contributed by atoms with van der Waals surface area (Å²) in [7, 11) is 1.63. The first-order chi connectivity index (χ1) is 9.60. The highest BCUT2D eigenvalue weighted by Crippen LogP contribution is 2.21. The summed E-state index contributed by atoms with van der Waals surface area (Å²) in [5, 5.41) is 0. The molecule has 0 spiro atoms. The largest absolute Gasteiger partial charge is 0.481 e. The van der Waals surface area contributed by atoms with Crippen LogP contribution in [0.2, 0.25) is 0 Å². The molecule has 0 fully saturated rings. The molecule has 0 atom stereocenters. The lowest BCUT2D eigenvalue weighted by Gasteiger charge is -2.28. The normalized spacial score (nSPS) is 10.6. The molecule has 106 valence electrons. The molecule has 4 nitrogen and oxygen atoms in total. The molecule has 0 amide bonds. The van der Waals surface area contributed by atoms with Gasteiger partial charge in [-0.25, -0.2) is 0 Å². The lowest BCUT2D eigenvalue weighted by atomic mass is 10.1. The fourth-order valence-electron chi connectivity index (χ4n) is 2.09. The summed E-state index contributed by atoms with van der Waals surface area (Å²) in [5.74, 6) is 1.53. The maximum atomic E-state index is 5.84. The van der Waals surface area contributed by atoms with Gasteiger partial charge in [0.1, 0.15) is 5.82 Å². The monoisotopic (exact) mass is 271 g/mol. The van der Waals surface area contributed by atoms with Gasteiger partial charge >= 0.3 is 0 Å². The van der Waals surface area contributed by atoms with Crippen LogP contribution < -0.4 is 15.4 Å². The van der Waals surface area contributed by atoms with E-state index < -0.39 is 0 Å². The highest BCUT2D eigenvalue weighted by molar-refractivity contribution is 5.45. The lowest BCUT2D eigenvalue weighted by Crippen LogP contribution is -2.30. The van der Waals surface area contributed by atoms with E-state index in [4.69, 9.17) is 10.5 Å². The van der Waals surface area contributed by atoms with E-state index in [1.807, 2.05) is 36.4 Å². The Morgan fingerprint density at radius 3 is 2.60 bits per heavy atom. The summed E-state index contributed by atoms with van der Waals surface area (Å²) in [5.41, 5.74) is 7.79. The molecule has 2 aromatic rings. The van der Waals surface area contributed by atoms with Crippen molar-refractivity contribution >= 4 is 11.5 Å². The van der Waals surface area contributed by atoms with Crippen molar-refractivity contribution in [3.05, 3.63) is 48.0 Å². The van der Waals surface area contributed by atoms with Crippen molar-refractivity contribution < 1.29 is 4.74 Å². The van der Waals surface area contributed by atoms with Crippen molar-refractivity contribution in [3.63, 3.8) is 0 Å². The van der Waals surface area contributed by atoms with Gasteiger partial charge in [0.05, 0.1) is 7.11 Å². The molecule has 20 heavy (non-hydrogen) atoms. The smallest absolute Gasteiger partial charge is 0.214 e. The molecule has 0 unspecified atom stereocenters.